The van der Waals surface area contributed by atoms with E-state index < -0.39 is 12.0 Å². The second-order valence-corrected chi connectivity index (χ2v) is 3.67. The number of fused-ring (bicyclic) bond motifs is 1. The Morgan fingerprint density at radius 2 is 2.40 bits per heavy atom. The van der Waals surface area contributed by atoms with Crippen molar-refractivity contribution in [3.05, 3.63) is 29.3 Å². The fourth-order valence-electron chi connectivity index (χ4n) is 1.74. The Kier molecular flexibility index (Phi) is 2.60. The van der Waals surface area contributed by atoms with Gasteiger partial charge < -0.3 is 15.6 Å². The van der Waals surface area contributed by atoms with Crippen LogP contribution in [0.4, 0.5) is 0 Å². The van der Waals surface area contributed by atoms with E-state index in [9.17, 15) is 4.79 Å². The molecule has 4 nitrogen and oxygen atoms in total. The van der Waals surface area contributed by atoms with E-state index in [1.54, 1.807) is 0 Å². The van der Waals surface area contributed by atoms with E-state index in [4.69, 9.17) is 15.6 Å². The minimum absolute atomic E-state index is 0.0420. The van der Waals surface area contributed by atoms with E-state index in [1.165, 1.54) is 0 Å². The van der Waals surface area contributed by atoms with Crippen LogP contribution in [0.5, 0.6) is 5.75 Å². The van der Waals surface area contributed by atoms with Crippen molar-refractivity contribution < 1.29 is 14.6 Å². The van der Waals surface area contributed by atoms with E-state index in [2.05, 4.69) is 0 Å². The molecule has 4 heteroatoms. The van der Waals surface area contributed by atoms with Crippen LogP contribution < -0.4 is 10.5 Å². The van der Waals surface area contributed by atoms with Gasteiger partial charge in [-0.2, -0.15) is 0 Å². The third-order valence-electron chi connectivity index (χ3n) is 2.54. The maximum absolute atomic E-state index is 10.5. The Labute approximate surface area is 87.7 Å². The molecule has 1 aromatic carbocycles. The molecule has 0 aliphatic carbocycles. The van der Waals surface area contributed by atoms with E-state index in [0.717, 1.165) is 23.3 Å². The van der Waals surface area contributed by atoms with E-state index in [-0.39, 0.29) is 6.42 Å². The van der Waals surface area contributed by atoms with Crippen LogP contribution in [0.2, 0.25) is 0 Å². The Balaban J connectivity index is 2.19. The lowest BCUT2D eigenvalue weighted by atomic mass is 10.0. The molecule has 80 valence electrons. The van der Waals surface area contributed by atoms with E-state index in [0.29, 0.717) is 6.61 Å². The van der Waals surface area contributed by atoms with Crippen molar-refractivity contribution in [2.24, 2.45) is 5.73 Å². The molecule has 2 rings (SSSR count). The van der Waals surface area contributed by atoms with Crippen molar-refractivity contribution in [1.82, 2.24) is 0 Å². The van der Waals surface area contributed by atoms with Gasteiger partial charge >= 0.3 is 5.97 Å². The zero-order valence-corrected chi connectivity index (χ0v) is 8.27. The highest BCUT2D eigenvalue weighted by atomic mass is 16.5. The molecule has 0 spiro atoms. The van der Waals surface area contributed by atoms with Gasteiger partial charge in [0.2, 0.25) is 0 Å². The van der Waals surface area contributed by atoms with Crippen LogP contribution >= 0.6 is 0 Å². The molecule has 0 amide bonds. The first kappa shape index (κ1) is 9.98. The van der Waals surface area contributed by atoms with Gasteiger partial charge in [-0.1, -0.05) is 12.1 Å². The largest absolute Gasteiger partial charge is 0.493 e. The smallest absolute Gasteiger partial charge is 0.305 e. The van der Waals surface area contributed by atoms with E-state index >= 15 is 0 Å². The molecule has 0 fully saturated rings. The van der Waals surface area contributed by atoms with Crippen LogP contribution in [0.25, 0.3) is 0 Å². The number of benzene rings is 1. The average Bonchev–Trinajstić information content (AvgIpc) is 2.62. The van der Waals surface area contributed by atoms with Crippen molar-refractivity contribution >= 4 is 5.97 Å². The van der Waals surface area contributed by atoms with Gasteiger partial charge in [0.25, 0.3) is 0 Å². The number of ether oxygens (including phenoxy) is 1. The first-order valence-electron chi connectivity index (χ1n) is 4.90. The predicted molar refractivity (Wildman–Crippen MR) is 54.8 cm³/mol. The molecule has 1 unspecified atom stereocenters. The van der Waals surface area contributed by atoms with Crippen molar-refractivity contribution in [3.63, 3.8) is 0 Å². The average molecular weight is 207 g/mol. The number of hydrogen-bond donors (Lipinski definition) is 2. The molecule has 1 aliphatic heterocycles. The number of rotatable bonds is 3. The lowest BCUT2D eigenvalue weighted by Gasteiger charge is -2.10. The zero-order valence-electron chi connectivity index (χ0n) is 8.27. The Bertz CT molecular complexity index is 389. The first-order chi connectivity index (χ1) is 7.16. The fourth-order valence-corrected chi connectivity index (χ4v) is 1.74. The number of carboxylic acid groups (broad SMARTS) is 1. The Morgan fingerprint density at radius 1 is 1.60 bits per heavy atom. The molecule has 1 aromatic rings. The van der Waals surface area contributed by atoms with Gasteiger partial charge in [-0.05, 0) is 17.2 Å². The molecule has 1 heterocycles. The van der Waals surface area contributed by atoms with E-state index in [1.807, 2.05) is 18.2 Å². The first-order valence-corrected chi connectivity index (χ1v) is 4.90. The number of carboxylic acids is 1. The normalized spacial score (nSPS) is 15.5. The summed E-state index contributed by atoms with van der Waals surface area (Å²) < 4.78 is 5.36. The summed E-state index contributed by atoms with van der Waals surface area (Å²) in [6, 6.07) is 5.20. The molecule has 0 bridgehead atoms. The molecule has 1 aliphatic rings. The second-order valence-electron chi connectivity index (χ2n) is 3.67. The van der Waals surface area contributed by atoms with Crippen molar-refractivity contribution in [2.75, 3.05) is 6.61 Å². The maximum atomic E-state index is 10.5. The zero-order chi connectivity index (χ0) is 10.8. The van der Waals surface area contributed by atoms with Crippen LogP contribution in [0, 0.1) is 0 Å². The Morgan fingerprint density at radius 3 is 3.13 bits per heavy atom. The number of aliphatic carboxylic acids is 1. The topological polar surface area (TPSA) is 72.6 Å². The number of hydrogen-bond acceptors (Lipinski definition) is 3. The van der Waals surface area contributed by atoms with Gasteiger partial charge in [0.1, 0.15) is 5.75 Å². The van der Waals surface area contributed by atoms with Gasteiger partial charge in [0.15, 0.2) is 0 Å². The van der Waals surface area contributed by atoms with Gasteiger partial charge in [-0.25, -0.2) is 0 Å². The van der Waals surface area contributed by atoms with Gasteiger partial charge in [-0.3, -0.25) is 4.79 Å². The lowest BCUT2D eigenvalue weighted by molar-refractivity contribution is -0.137. The summed E-state index contributed by atoms with van der Waals surface area (Å²) in [5.41, 5.74) is 7.75. The number of carbonyl (C=O) groups is 1. The SMILES string of the molecule is NC(CC(=O)O)c1ccc2c(c1)CCO2. The highest BCUT2D eigenvalue weighted by Gasteiger charge is 2.16. The van der Waals surface area contributed by atoms with Gasteiger partial charge in [-0.15, -0.1) is 0 Å². The van der Waals surface area contributed by atoms with Crippen LogP contribution in [0.3, 0.4) is 0 Å². The van der Waals surface area contributed by atoms with Crippen LogP contribution in [-0.2, 0) is 11.2 Å². The maximum Gasteiger partial charge on any atom is 0.305 e. The highest BCUT2D eigenvalue weighted by Crippen LogP contribution is 2.28. The summed E-state index contributed by atoms with van der Waals surface area (Å²) in [7, 11) is 0. The molecule has 15 heavy (non-hydrogen) atoms. The Hall–Kier alpha value is -1.55. The van der Waals surface area contributed by atoms with Gasteiger partial charge in [0, 0.05) is 12.5 Å². The summed E-state index contributed by atoms with van der Waals surface area (Å²) in [6.45, 7) is 0.701. The summed E-state index contributed by atoms with van der Waals surface area (Å²) in [5, 5.41) is 8.63. The number of nitrogens with two attached hydrogens (primary N) is 1. The van der Waals surface area contributed by atoms with Crippen molar-refractivity contribution in [1.29, 1.82) is 0 Å². The standard InChI is InChI=1S/C11H13NO3/c12-9(6-11(13)14)7-1-2-10-8(5-7)3-4-15-10/h1-2,5,9H,3-4,6,12H2,(H,13,14). The molecule has 0 radical (unpaired) electrons. The van der Waals surface area contributed by atoms with Crippen LogP contribution in [0.1, 0.15) is 23.6 Å². The summed E-state index contributed by atoms with van der Waals surface area (Å²) in [6.07, 6.45) is 0.836. The molecule has 0 saturated carbocycles. The molecular formula is C11H13NO3. The minimum Gasteiger partial charge on any atom is -0.493 e. The van der Waals surface area contributed by atoms with Crippen LogP contribution in [-0.4, -0.2) is 17.7 Å². The molecule has 1 atom stereocenters. The quantitative estimate of drug-likeness (QED) is 0.778. The third-order valence-corrected chi connectivity index (χ3v) is 2.54. The van der Waals surface area contributed by atoms with Crippen molar-refractivity contribution in [2.45, 2.75) is 18.9 Å². The predicted octanol–water partition coefficient (Wildman–Crippen LogP) is 1.10. The molecule has 3 N–H and O–H groups in total. The summed E-state index contributed by atoms with van der Waals surface area (Å²) in [4.78, 5) is 10.5. The highest BCUT2D eigenvalue weighted by molar-refractivity contribution is 5.68. The van der Waals surface area contributed by atoms with Crippen LogP contribution in [0.15, 0.2) is 18.2 Å². The fraction of sp³-hybridized carbons (Fsp3) is 0.364. The second kappa shape index (κ2) is 3.90. The van der Waals surface area contributed by atoms with Crippen molar-refractivity contribution in [3.8, 4) is 5.75 Å². The molecule has 0 aromatic heterocycles. The summed E-state index contributed by atoms with van der Waals surface area (Å²) in [5.74, 6) is 0.0144. The molecular weight excluding hydrogens is 194 g/mol. The third kappa shape index (κ3) is 2.10. The summed E-state index contributed by atoms with van der Waals surface area (Å²) >= 11 is 0. The van der Waals surface area contributed by atoms with Gasteiger partial charge in [0.05, 0.1) is 13.0 Å². The monoisotopic (exact) mass is 207 g/mol. The minimum atomic E-state index is -0.876. The lowest BCUT2D eigenvalue weighted by Crippen LogP contribution is -2.15. The molecule has 0 saturated heterocycles.